The SMILES string of the molecule is CC1CC(N)CC(C(=O)N2CCCCCCC2)C1. The maximum absolute atomic E-state index is 12.6. The van der Waals surface area contributed by atoms with Crippen molar-refractivity contribution < 1.29 is 4.79 Å². The number of rotatable bonds is 1. The van der Waals surface area contributed by atoms with Gasteiger partial charge in [-0.15, -0.1) is 0 Å². The minimum atomic E-state index is 0.197. The molecule has 18 heavy (non-hydrogen) atoms. The summed E-state index contributed by atoms with van der Waals surface area (Å²) in [5.74, 6) is 1.19. The highest BCUT2D eigenvalue weighted by Gasteiger charge is 2.31. The van der Waals surface area contributed by atoms with Crippen molar-refractivity contribution in [2.45, 2.75) is 64.3 Å². The number of likely N-dealkylation sites (tertiary alicyclic amines) is 1. The molecule has 1 saturated carbocycles. The summed E-state index contributed by atoms with van der Waals surface area (Å²) in [5.41, 5.74) is 6.07. The second kappa shape index (κ2) is 6.55. The van der Waals surface area contributed by atoms with Gasteiger partial charge in [-0.2, -0.15) is 0 Å². The molecule has 3 unspecified atom stereocenters. The number of carbonyl (C=O) groups excluding carboxylic acids is 1. The first kappa shape index (κ1) is 13.9. The van der Waals surface area contributed by atoms with E-state index in [1.807, 2.05) is 0 Å². The van der Waals surface area contributed by atoms with Gasteiger partial charge >= 0.3 is 0 Å². The van der Waals surface area contributed by atoms with Gasteiger partial charge in [-0.3, -0.25) is 4.79 Å². The summed E-state index contributed by atoms with van der Waals surface area (Å²) < 4.78 is 0. The Morgan fingerprint density at radius 3 is 2.22 bits per heavy atom. The molecule has 2 aliphatic rings. The van der Waals surface area contributed by atoms with Crippen LogP contribution in [0.4, 0.5) is 0 Å². The standard InChI is InChI=1S/C15H28N2O/c1-12-9-13(11-14(16)10-12)15(18)17-7-5-3-2-4-6-8-17/h12-14H,2-11,16H2,1H3. The molecule has 3 nitrogen and oxygen atoms in total. The number of hydrogen-bond acceptors (Lipinski definition) is 2. The van der Waals surface area contributed by atoms with E-state index in [9.17, 15) is 4.79 Å². The second-order valence-electron chi connectivity index (χ2n) is 6.36. The molecule has 1 saturated heterocycles. The molecule has 2 fully saturated rings. The largest absolute Gasteiger partial charge is 0.342 e. The summed E-state index contributed by atoms with van der Waals surface area (Å²) in [6.45, 7) is 4.17. The smallest absolute Gasteiger partial charge is 0.225 e. The number of carbonyl (C=O) groups is 1. The topological polar surface area (TPSA) is 46.3 Å². The summed E-state index contributed by atoms with van der Waals surface area (Å²) in [6.07, 6.45) is 9.30. The van der Waals surface area contributed by atoms with Crippen LogP contribution in [-0.2, 0) is 4.79 Å². The molecule has 1 heterocycles. The van der Waals surface area contributed by atoms with Crippen molar-refractivity contribution in [2.75, 3.05) is 13.1 Å². The third-order valence-electron chi connectivity index (χ3n) is 4.50. The lowest BCUT2D eigenvalue weighted by Crippen LogP contribution is -2.43. The van der Waals surface area contributed by atoms with Gasteiger partial charge in [0.25, 0.3) is 0 Å². The lowest BCUT2D eigenvalue weighted by Gasteiger charge is -2.34. The van der Waals surface area contributed by atoms with Crippen LogP contribution in [0.15, 0.2) is 0 Å². The van der Waals surface area contributed by atoms with Crippen LogP contribution >= 0.6 is 0 Å². The molecule has 1 aliphatic heterocycles. The fourth-order valence-corrected chi connectivity index (χ4v) is 3.58. The monoisotopic (exact) mass is 252 g/mol. The van der Waals surface area contributed by atoms with Gasteiger partial charge < -0.3 is 10.6 Å². The maximum Gasteiger partial charge on any atom is 0.225 e. The molecule has 0 aromatic heterocycles. The summed E-state index contributed by atoms with van der Waals surface area (Å²) in [6, 6.07) is 0.234. The van der Waals surface area contributed by atoms with Gasteiger partial charge in [0, 0.05) is 25.0 Å². The van der Waals surface area contributed by atoms with Crippen LogP contribution in [0.2, 0.25) is 0 Å². The minimum Gasteiger partial charge on any atom is -0.342 e. The maximum atomic E-state index is 12.6. The fraction of sp³-hybridized carbons (Fsp3) is 0.933. The van der Waals surface area contributed by atoms with Crippen molar-refractivity contribution in [3.8, 4) is 0 Å². The van der Waals surface area contributed by atoms with Gasteiger partial charge in [0.15, 0.2) is 0 Å². The van der Waals surface area contributed by atoms with E-state index in [1.165, 1.54) is 32.1 Å². The molecular formula is C15H28N2O. The van der Waals surface area contributed by atoms with Gasteiger partial charge in [0.2, 0.25) is 5.91 Å². The lowest BCUT2D eigenvalue weighted by molar-refractivity contribution is -0.137. The lowest BCUT2D eigenvalue weighted by atomic mass is 9.79. The minimum absolute atomic E-state index is 0.197. The zero-order valence-corrected chi connectivity index (χ0v) is 11.7. The van der Waals surface area contributed by atoms with Crippen LogP contribution in [0.25, 0.3) is 0 Å². The van der Waals surface area contributed by atoms with E-state index >= 15 is 0 Å². The van der Waals surface area contributed by atoms with E-state index < -0.39 is 0 Å². The van der Waals surface area contributed by atoms with Crippen molar-refractivity contribution in [3.05, 3.63) is 0 Å². The molecule has 1 aliphatic carbocycles. The van der Waals surface area contributed by atoms with Gasteiger partial charge in [-0.1, -0.05) is 26.2 Å². The van der Waals surface area contributed by atoms with Gasteiger partial charge in [0.05, 0.1) is 0 Å². The Morgan fingerprint density at radius 2 is 1.61 bits per heavy atom. The van der Waals surface area contributed by atoms with Crippen LogP contribution in [0.3, 0.4) is 0 Å². The first-order chi connectivity index (χ1) is 8.66. The van der Waals surface area contributed by atoms with Crippen LogP contribution in [0, 0.1) is 11.8 Å². The highest BCUT2D eigenvalue weighted by molar-refractivity contribution is 5.79. The predicted molar refractivity (Wildman–Crippen MR) is 74.1 cm³/mol. The Hall–Kier alpha value is -0.570. The normalized spacial score (nSPS) is 34.8. The Bertz CT molecular complexity index is 262. The quantitative estimate of drug-likeness (QED) is 0.779. The van der Waals surface area contributed by atoms with E-state index in [-0.39, 0.29) is 12.0 Å². The van der Waals surface area contributed by atoms with Gasteiger partial charge in [-0.05, 0) is 38.0 Å². The van der Waals surface area contributed by atoms with E-state index in [0.29, 0.717) is 11.8 Å². The van der Waals surface area contributed by atoms with Crippen LogP contribution < -0.4 is 5.73 Å². The zero-order valence-electron chi connectivity index (χ0n) is 11.7. The molecular weight excluding hydrogens is 224 g/mol. The molecule has 1 amide bonds. The Labute approximate surface area is 111 Å². The second-order valence-corrected chi connectivity index (χ2v) is 6.36. The van der Waals surface area contributed by atoms with E-state index in [4.69, 9.17) is 5.73 Å². The molecule has 3 heteroatoms. The summed E-state index contributed by atoms with van der Waals surface area (Å²) >= 11 is 0. The van der Waals surface area contributed by atoms with E-state index in [1.54, 1.807) is 0 Å². The Morgan fingerprint density at radius 1 is 1.00 bits per heavy atom. The highest BCUT2D eigenvalue weighted by atomic mass is 16.2. The molecule has 2 N–H and O–H groups in total. The van der Waals surface area contributed by atoms with Crippen LogP contribution in [0.1, 0.15) is 58.3 Å². The first-order valence-corrected chi connectivity index (χ1v) is 7.71. The molecule has 2 rings (SSSR count). The molecule has 0 aromatic carbocycles. The third-order valence-corrected chi connectivity index (χ3v) is 4.50. The number of hydrogen-bond donors (Lipinski definition) is 1. The molecule has 3 atom stereocenters. The number of amides is 1. The van der Waals surface area contributed by atoms with Crippen molar-refractivity contribution >= 4 is 5.91 Å². The molecule has 0 bridgehead atoms. The molecule has 0 spiro atoms. The van der Waals surface area contributed by atoms with Gasteiger partial charge in [-0.25, -0.2) is 0 Å². The zero-order chi connectivity index (χ0) is 13.0. The van der Waals surface area contributed by atoms with E-state index in [2.05, 4.69) is 11.8 Å². The molecule has 104 valence electrons. The number of nitrogens with two attached hydrogens (primary N) is 1. The molecule has 0 aromatic rings. The third kappa shape index (κ3) is 3.71. The summed E-state index contributed by atoms with van der Waals surface area (Å²) in [7, 11) is 0. The average molecular weight is 252 g/mol. The van der Waals surface area contributed by atoms with Gasteiger partial charge in [0.1, 0.15) is 0 Å². The first-order valence-electron chi connectivity index (χ1n) is 7.71. The molecule has 0 radical (unpaired) electrons. The summed E-state index contributed by atoms with van der Waals surface area (Å²) in [4.78, 5) is 14.7. The van der Waals surface area contributed by atoms with Crippen molar-refractivity contribution in [2.24, 2.45) is 17.6 Å². The van der Waals surface area contributed by atoms with Crippen LogP contribution in [-0.4, -0.2) is 29.9 Å². The Kier molecular flexibility index (Phi) is 5.04. The summed E-state index contributed by atoms with van der Waals surface area (Å²) in [5, 5.41) is 0. The number of nitrogens with zero attached hydrogens (tertiary/aromatic N) is 1. The fourth-order valence-electron chi connectivity index (χ4n) is 3.58. The van der Waals surface area contributed by atoms with Crippen molar-refractivity contribution in [1.29, 1.82) is 0 Å². The highest BCUT2D eigenvalue weighted by Crippen LogP contribution is 2.29. The van der Waals surface area contributed by atoms with Crippen LogP contribution in [0.5, 0.6) is 0 Å². The average Bonchev–Trinajstić information content (AvgIpc) is 2.26. The van der Waals surface area contributed by atoms with E-state index in [0.717, 1.165) is 32.4 Å². The predicted octanol–water partition coefficient (Wildman–Crippen LogP) is 2.54. The Balaban J connectivity index is 1.91. The van der Waals surface area contributed by atoms with Crippen molar-refractivity contribution in [3.63, 3.8) is 0 Å². The van der Waals surface area contributed by atoms with Crippen molar-refractivity contribution in [1.82, 2.24) is 4.90 Å².